The number of carboxylic acids is 1. The zero-order valence-electron chi connectivity index (χ0n) is 21.0. The quantitative estimate of drug-likeness (QED) is 0.147. The van der Waals surface area contributed by atoms with E-state index in [2.05, 4.69) is 20.8 Å². The predicted molar refractivity (Wildman–Crippen MR) is 134 cm³/mol. The molecule has 0 aliphatic heterocycles. The molecule has 0 aliphatic rings. The van der Waals surface area contributed by atoms with Crippen LogP contribution < -0.4 is 0 Å². The van der Waals surface area contributed by atoms with Gasteiger partial charge in [-0.15, -0.1) is 0 Å². The van der Waals surface area contributed by atoms with E-state index < -0.39 is 11.7 Å². The fourth-order valence-corrected chi connectivity index (χ4v) is 4.67. The second kappa shape index (κ2) is 16.9. The lowest BCUT2D eigenvalue weighted by Gasteiger charge is -2.21. The summed E-state index contributed by atoms with van der Waals surface area (Å²) in [6, 6.07) is 0. The topological polar surface area (TPSA) is 77.8 Å². The number of unbranched alkanes of at least 4 members (excludes halogenated alkanes) is 12. The zero-order valence-corrected chi connectivity index (χ0v) is 21.0. The summed E-state index contributed by atoms with van der Waals surface area (Å²) in [5, 5.41) is 31.3. The fourth-order valence-electron chi connectivity index (χ4n) is 4.67. The summed E-state index contributed by atoms with van der Waals surface area (Å²) in [4.78, 5) is 12.1. The van der Waals surface area contributed by atoms with Crippen LogP contribution in [0.1, 0.15) is 144 Å². The SMILES string of the molecule is CCCCCCCc1c(O)c(O)c(C(=O)O)c(CCCCCCC)c1CCCCCCC. The van der Waals surface area contributed by atoms with Gasteiger partial charge in [0.25, 0.3) is 0 Å². The Balaban J connectivity index is 3.19. The van der Waals surface area contributed by atoms with Crippen molar-refractivity contribution in [2.45, 2.75) is 136 Å². The Labute approximate surface area is 196 Å². The van der Waals surface area contributed by atoms with Crippen LogP contribution in [0.3, 0.4) is 0 Å². The van der Waals surface area contributed by atoms with Crippen molar-refractivity contribution in [3.05, 3.63) is 22.3 Å². The van der Waals surface area contributed by atoms with Crippen molar-refractivity contribution in [1.82, 2.24) is 0 Å². The van der Waals surface area contributed by atoms with E-state index in [0.29, 0.717) is 12.8 Å². The molecule has 0 aliphatic carbocycles. The third-order valence-corrected chi connectivity index (χ3v) is 6.58. The van der Waals surface area contributed by atoms with E-state index in [1.807, 2.05) is 0 Å². The molecule has 3 N–H and O–H groups in total. The van der Waals surface area contributed by atoms with Crippen molar-refractivity contribution in [3.8, 4) is 11.5 Å². The highest BCUT2D eigenvalue weighted by Gasteiger charge is 2.26. The van der Waals surface area contributed by atoms with Crippen LogP contribution in [0.5, 0.6) is 11.5 Å². The molecular formula is C28H48O4. The highest BCUT2D eigenvalue weighted by atomic mass is 16.4. The van der Waals surface area contributed by atoms with Crippen molar-refractivity contribution >= 4 is 5.97 Å². The number of rotatable bonds is 19. The van der Waals surface area contributed by atoms with Crippen molar-refractivity contribution in [2.75, 3.05) is 0 Å². The number of benzene rings is 1. The van der Waals surface area contributed by atoms with Gasteiger partial charge in [0.2, 0.25) is 0 Å². The molecule has 1 aromatic carbocycles. The van der Waals surface area contributed by atoms with Crippen molar-refractivity contribution in [1.29, 1.82) is 0 Å². The Morgan fingerprint density at radius 1 is 0.531 bits per heavy atom. The summed E-state index contributed by atoms with van der Waals surface area (Å²) >= 11 is 0. The van der Waals surface area contributed by atoms with Crippen molar-refractivity contribution in [2.24, 2.45) is 0 Å². The number of carbonyl (C=O) groups is 1. The van der Waals surface area contributed by atoms with E-state index in [-0.39, 0.29) is 11.3 Å². The number of carboxylic acid groups (broad SMARTS) is 1. The maximum Gasteiger partial charge on any atom is 0.339 e. The number of phenolic OH excluding ortho intramolecular Hbond substituents is 1. The minimum Gasteiger partial charge on any atom is -0.504 e. The molecule has 1 rings (SSSR count). The summed E-state index contributed by atoms with van der Waals surface area (Å²) in [6.45, 7) is 6.58. The minimum atomic E-state index is -1.14. The number of hydrogen-bond donors (Lipinski definition) is 3. The number of aromatic hydroxyl groups is 2. The molecule has 0 aromatic heterocycles. The molecule has 0 radical (unpaired) electrons. The molecule has 4 nitrogen and oxygen atoms in total. The molecule has 32 heavy (non-hydrogen) atoms. The molecule has 0 atom stereocenters. The second-order valence-electron chi connectivity index (χ2n) is 9.31. The van der Waals surface area contributed by atoms with E-state index in [1.54, 1.807) is 0 Å². The molecule has 4 heteroatoms. The van der Waals surface area contributed by atoms with Gasteiger partial charge in [0.15, 0.2) is 11.5 Å². The lowest BCUT2D eigenvalue weighted by atomic mass is 9.85. The molecule has 0 bridgehead atoms. The Bertz CT molecular complexity index is 666. The highest BCUT2D eigenvalue weighted by molar-refractivity contribution is 5.94. The van der Waals surface area contributed by atoms with Crippen LogP contribution in [-0.2, 0) is 19.3 Å². The largest absolute Gasteiger partial charge is 0.504 e. The van der Waals surface area contributed by atoms with Crippen molar-refractivity contribution in [3.63, 3.8) is 0 Å². The third kappa shape index (κ3) is 9.42. The normalized spacial score (nSPS) is 11.2. The van der Waals surface area contributed by atoms with Crippen molar-refractivity contribution < 1.29 is 20.1 Å². The molecule has 0 fully saturated rings. The molecule has 0 spiro atoms. The van der Waals surface area contributed by atoms with Gasteiger partial charge in [0.1, 0.15) is 5.56 Å². The number of hydrogen-bond acceptors (Lipinski definition) is 3. The van der Waals surface area contributed by atoms with E-state index in [1.165, 1.54) is 51.4 Å². The first-order valence-corrected chi connectivity index (χ1v) is 13.3. The van der Waals surface area contributed by atoms with Gasteiger partial charge < -0.3 is 15.3 Å². The van der Waals surface area contributed by atoms with Crippen LogP contribution in [0, 0.1) is 0 Å². The van der Waals surface area contributed by atoms with E-state index >= 15 is 0 Å². The Hall–Kier alpha value is -1.71. The summed E-state index contributed by atoms with van der Waals surface area (Å²) in [5.74, 6) is -1.77. The summed E-state index contributed by atoms with van der Waals surface area (Å²) in [7, 11) is 0. The van der Waals surface area contributed by atoms with Crippen LogP contribution >= 0.6 is 0 Å². The molecule has 0 amide bonds. The molecule has 0 heterocycles. The Morgan fingerprint density at radius 2 is 0.906 bits per heavy atom. The fraction of sp³-hybridized carbons (Fsp3) is 0.750. The van der Waals surface area contributed by atoms with E-state index in [9.17, 15) is 20.1 Å². The number of phenols is 2. The monoisotopic (exact) mass is 448 g/mol. The smallest absolute Gasteiger partial charge is 0.339 e. The molecule has 184 valence electrons. The lowest BCUT2D eigenvalue weighted by molar-refractivity contribution is 0.0691. The average molecular weight is 449 g/mol. The average Bonchev–Trinajstić information content (AvgIpc) is 2.77. The molecule has 1 aromatic rings. The second-order valence-corrected chi connectivity index (χ2v) is 9.31. The van der Waals surface area contributed by atoms with Gasteiger partial charge in [-0.2, -0.15) is 0 Å². The van der Waals surface area contributed by atoms with Crippen LogP contribution in [-0.4, -0.2) is 21.3 Å². The van der Waals surface area contributed by atoms with E-state index in [0.717, 1.165) is 68.1 Å². The summed E-state index contributed by atoms with van der Waals surface area (Å²) < 4.78 is 0. The maximum atomic E-state index is 12.1. The first-order valence-electron chi connectivity index (χ1n) is 13.3. The van der Waals surface area contributed by atoms with E-state index in [4.69, 9.17) is 0 Å². The van der Waals surface area contributed by atoms with Gasteiger partial charge in [-0.1, -0.05) is 97.8 Å². The Morgan fingerprint density at radius 3 is 1.31 bits per heavy atom. The lowest BCUT2D eigenvalue weighted by Crippen LogP contribution is -2.11. The summed E-state index contributed by atoms with van der Waals surface area (Å²) in [5.41, 5.74) is 2.49. The molecular weight excluding hydrogens is 400 g/mol. The van der Waals surface area contributed by atoms with Gasteiger partial charge in [-0.05, 0) is 49.7 Å². The molecule has 0 saturated carbocycles. The van der Waals surface area contributed by atoms with Gasteiger partial charge in [-0.3, -0.25) is 0 Å². The Kier molecular flexibility index (Phi) is 14.9. The van der Waals surface area contributed by atoms with Crippen LogP contribution in [0.15, 0.2) is 0 Å². The zero-order chi connectivity index (χ0) is 23.8. The molecule has 0 unspecified atom stereocenters. The first-order chi connectivity index (χ1) is 15.5. The van der Waals surface area contributed by atoms with Gasteiger partial charge >= 0.3 is 5.97 Å². The molecule has 0 saturated heterocycles. The number of aromatic carboxylic acids is 1. The van der Waals surface area contributed by atoms with Gasteiger partial charge in [0.05, 0.1) is 0 Å². The van der Waals surface area contributed by atoms with Crippen LogP contribution in [0.2, 0.25) is 0 Å². The van der Waals surface area contributed by atoms with Gasteiger partial charge in [0, 0.05) is 5.56 Å². The van der Waals surface area contributed by atoms with Gasteiger partial charge in [-0.25, -0.2) is 4.79 Å². The minimum absolute atomic E-state index is 0.0729. The standard InChI is InChI=1S/C28H48O4/c1-4-7-10-13-16-19-22-23(20-17-14-11-8-5-2)25(28(31)32)27(30)26(29)24(22)21-18-15-12-9-6-3/h29-30H,4-21H2,1-3H3,(H,31,32). The predicted octanol–water partition coefficient (Wildman–Crippen LogP) is 8.33. The third-order valence-electron chi connectivity index (χ3n) is 6.58. The first kappa shape index (κ1) is 28.3. The maximum absolute atomic E-state index is 12.1. The van der Waals surface area contributed by atoms with Crippen LogP contribution in [0.4, 0.5) is 0 Å². The van der Waals surface area contributed by atoms with Crippen LogP contribution in [0.25, 0.3) is 0 Å². The summed E-state index contributed by atoms with van der Waals surface area (Å²) in [6.07, 6.45) is 19.0. The highest BCUT2D eigenvalue weighted by Crippen LogP contribution is 2.41.